The van der Waals surface area contributed by atoms with E-state index in [0.29, 0.717) is 6.54 Å². The molecule has 0 aromatic heterocycles. The second-order valence-electron chi connectivity index (χ2n) is 4.21. The lowest BCUT2D eigenvalue weighted by Crippen LogP contribution is -2.37. The zero-order valence-electron chi connectivity index (χ0n) is 10.7. The van der Waals surface area contributed by atoms with Gasteiger partial charge in [-0.25, -0.2) is 4.39 Å². The van der Waals surface area contributed by atoms with Crippen LogP contribution < -0.4 is 0 Å². The summed E-state index contributed by atoms with van der Waals surface area (Å²) in [6.07, 6.45) is 0. The first-order chi connectivity index (χ1) is 8.86. The zero-order chi connectivity index (χ0) is 14.6. The van der Waals surface area contributed by atoms with Crippen molar-refractivity contribution in [1.82, 2.24) is 4.90 Å². The van der Waals surface area contributed by atoms with Crippen LogP contribution in [-0.2, 0) is 4.79 Å². The number of hydrogen-bond acceptors (Lipinski definition) is 2. The van der Waals surface area contributed by atoms with Gasteiger partial charge < -0.3 is 10.0 Å². The molecule has 0 radical (unpaired) electrons. The number of carbonyl (C=O) groups is 2. The lowest BCUT2D eigenvalue weighted by Gasteiger charge is -2.23. The quantitative estimate of drug-likeness (QED) is 0.906. The molecular formula is C13H15ClFNO3. The largest absolute Gasteiger partial charge is 0.481 e. The summed E-state index contributed by atoms with van der Waals surface area (Å²) < 4.78 is 13.6. The van der Waals surface area contributed by atoms with E-state index in [0.717, 1.165) is 6.07 Å². The molecule has 0 heterocycles. The molecule has 0 fully saturated rings. The van der Waals surface area contributed by atoms with Crippen LogP contribution in [0.25, 0.3) is 0 Å². The monoisotopic (exact) mass is 287 g/mol. The smallest absolute Gasteiger partial charge is 0.308 e. The van der Waals surface area contributed by atoms with Crippen molar-refractivity contribution in [3.8, 4) is 0 Å². The summed E-state index contributed by atoms with van der Waals surface area (Å²) >= 11 is 5.73. The summed E-state index contributed by atoms with van der Waals surface area (Å²) in [7, 11) is 0. The van der Waals surface area contributed by atoms with Crippen LogP contribution in [0.1, 0.15) is 24.2 Å². The lowest BCUT2D eigenvalue weighted by atomic mass is 10.1. The Kier molecular flexibility index (Phi) is 5.30. The number of rotatable bonds is 5. The number of amides is 1. The third kappa shape index (κ3) is 3.92. The molecule has 6 heteroatoms. The molecule has 1 aromatic carbocycles. The molecule has 1 atom stereocenters. The molecule has 0 aliphatic rings. The minimum atomic E-state index is -1.00. The van der Waals surface area contributed by atoms with Gasteiger partial charge in [-0.2, -0.15) is 0 Å². The highest BCUT2D eigenvalue weighted by atomic mass is 35.5. The van der Waals surface area contributed by atoms with E-state index in [1.54, 1.807) is 6.92 Å². The standard InChI is InChI=1S/C13H15ClFNO3/c1-3-16(7-8(2)13(18)19)12(17)10-6-9(14)4-5-11(10)15/h4-6,8H,3,7H2,1-2H3,(H,18,19). The molecule has 1 N–H and O–H groups in total. The van der Waals surface area contributed by atoms with Crippen molar-refractivity contribution in [3.05, 3.63) is 34.6 Å². The Morgan fingerprint density at radius 1 is 1.47 bits per heavy atom. The van der Waals surface area contributed by atoms with E-state index in [4.69, 9.17) is 16.7 Å². The van der Waals surface area contributed by atoms with Crippen LogP contribution in [0.15, 0.2) is 18.2 Å². The van der Waals surface area contributed by atoms with Crippen molar-refractivity contribution in [2.24, 2.45) is 5.92 Å². The van der Waals surface area contributed by atoms with Gasteiger partial charge in [0.2, 0.25) is 0 Å². The van der Waals surface area contributed by atoms with Crippen LogP contribution in [0.4, 0.5) is 4.39 Å². The van der Waals surface area contributed by atoms with Gasteiger partial charge in [-0.05, 0) is 25.1 Å². The second-order valence-corrected chi connectivity index (χ2v) is 4.64. The summed E-state index contributed by atoms with van der Waals surface area (Å²) in [5.74, 6) is -2.95. The van der Waals surface area contributed by atoms with E-state index in [1.165, 1.54) is 24.0 Å². The summed E-state index contributed by atoms with van der Waals surface area (Å²) in [6.45, 7) is 3.51. The fourth-order valence-electron chi connectivity index (χ4n) is 1.60. The number of halogens is 2. The van der Waals surface area contributed by atoms with E-state index in [1.807, 2.05) is 0 Å². The first-order valence-electron chi connectivity index (χ1n) is 5.84. The van der Waals surface area contributed by atoms with Gasteiger partial charge in [-0.15, -0.1) is 0 Å². The number of benzene rings is 1. The Labute approximate surface area is 115 Å². The maximum atomic E-state index is 13.6. The van der Waals surface area contributed by atoms with Gasteiger partial charge in [0.15, 0.2) is 0 Å². The molecule has 1 amide bonds. The molecule has 0 aliphatic carbocycles. The molecule has 4 nitrogen and oxygen atoms in total. The van der Waals surface area contributed by atoms with E-state index < -0.39 is 23.6 Å². The third-order valence-electron chi connectivity index (χ3n) is 2.74. The first kappa shape index (κ1) is 15.4. The van der Waals surface area contributed by atoms with Gasteiger partial charge in [0.05, 0.1) is 11.5 Å². The molecular weight excluding hydrogens is 273 g/mol. The highest BCUT2D eigenvalue weighted by molar-refractivity contribution is 6.31. The minimum absolute atomic E-state index is 0.0244. The predicted molar refractivity (Wildman–Crippen MR) is 69.8 cm³/mol. The van der Waals surface area contributed by atoms with Crippen LogP contribution in [0, 0.1) is 11.7 Å². The predicted octanol–water partition coefficient (Wildman–Crippen LogP) is 2.66. The number of carbonyl (C=O) groups excluding carboxylic acids is 1. The number of hydrogen-bond donors (Lipinski definition) is 1. The molecule has 0 spiro atoms. The van der Waals surface area contributed by atoms with Crippen LogP contribution in [0.2, 0.25) is 5.02 Å². The van der Waals surface area contributed by atoms with Crippen molar-refractivity contribution in [3.63, 3.8) is 0 Å². The number of aliphatic carboxylic acids is 1. The molecule has 1 rings (SSSR count). The van der Waals surface area contributed by atoms with Crippen LogP contribution in [0.3, 0.4) is 0 Å². The minimum Gasteiger partial charge on any atom is -0.481 e. The summed E-state index contributed by atoms with van der Waals surface area (Å²) in [4.78, 5) is 24.2. The Morgan fingerprint density at radius 2 is 2.11 bits per heavy atom. The third-order valence-corrected chi connectivity index (χ3v) is 2.98. The molecule has 0 saturated carbocycles. The Balaban J connectivity index is 2.95. The molecule has 19 heavy (non-hydrogen) atoms. The van der Waals surface area contributed by atoms with Gasteiger partial charge in [-0.1, -0.05) is 18.5 Å². The van der Waals surface area contributed by atoms with Crippen molar-refractivity contribution in [2.45, 2.75) is 13.8 Å². The van der Waals surface area contributed by atoms with E-state index >= 15 is 0 Å². The molecule has 1 unspecified atom stereocenters. The second kappa shape index (κ2) is 6.52. The van der Waals surface area contributed by atoms with Crippen molar-refractivity contribution >= 4 is 23.5 Å². The van der Waals surface area contributed by atoms with Gasteiger partial charge in [0, 0.05) is 18.1 Å². The number of carboxylic acids is 1. The van der Waals surface area contributed by atoms with Crippen molar-refractivity contribution < 1.29 is 19.1 Å². The summed E-state index contributed by atoms with van der Waals surface area (Å²) in [6, 6.07) is 3.71. The lowest BCUT2D eigenvalue weighted by molar-refractivity contribution is -0.141. The normalized spacial score (nSPS) is 12.0. The highest BCUT2D eigenvalue weighted by Crippen LogP contribution is 2.17. The van der Waals surface area contributed by atoms with E-state index in [-0.39, 0.29) is 17.1 Å². The van der Waals surface area contributed by atoms with E-state index in [2.05, 4.69) is 0 Å². The van der Waals surface area contributed by atoms with Crippen LogP contribution in [0.5, 0.6) is 0 Å². The molecule has 1 aromatic rings. The Bertz CT molecular complexity index is 493. The maximum absolute atomic E-state index is 13.6. The topological polar surface area (TPSA) is 57.6 Å². The van der Waals surface area contributed by atoms with Crippen LogP contribution in [-0.4, -0.2) is 35.0 Å². The van der Waals surface area contributed by atoms with Gasteiger partial charge in [0.1, 0.15) is 5.82 Å². The Morgan fingerprint density at radius 3 is 2.63 bits per heavy atom. The fourth-order valence-corrected chi connectivity index (χ4v) is 1.77. The van der Waals surface area contributed by atoms with Crippen molar-refractivity contribution in [2.75, 3.05) is 13.1 Å². The average molecular weight is 288 g/mol. The first-order valence-corrected chi connectivity index (χ1v) is 6.21. The van der Waals surface area contributed by atoms with E-state index in [9.17, 15) is 14.0 Å². The summed E-state index contributed by atoms with van der Waals surface area (Å²) in [5, 5.41) is 9.10. The fraction of sp³-hybridized carbons (Fsp3) is 0.385. The number of carboxylic acid groups (broad SMARTS) is 1. The molecule has 0 aliphatic heterocycles. The maximum Gasteiger partial charge on any atom is 0.308 e. The Hall–Kier alpha value is -1.62. The summed E-state index contributed by atoms with van der Waals surface area (Å²) in [5.41, 5.74) is -0.146. The van der Waals surface area contributed by atoms with Crippen molar-refractivity contribution in [1.29, 1.82) is 0 Å². The van der Waals surface area contributed by atoms with Gasteiger partial charge in [0.25, 0.3) is 5.91 Å². The number of nitrogens with zero attached hydrogens (tertiary/aromatic N) is 1. The van der Waals surface area contributed by atoms with Gasteiger partial charge in [-0.3, -0.25) is 9.59 Å². The molecule has 0 saturated heterocycles. The SMILES string of the molecule is CCN(CC(C)C(=O)O)C(=O)c1cc(Cl)ccc1F. The van der Waals surface area contributed by atoms with Gasteiger partial charge >= 0.3 is 5.97 Å². The average Bonchev–Trinajstić information content (AvgIpc) is 2.37. The highest BCUT2D eigenvalue weighted by Gasteiger charge is 2.22. The zero-order valence-corrected chi connectivity index (χ0v) is 11.4. The molecule has 0 bridgehead atoms. The van der Waals surface area contributed by atoms with Crippen LogP contribution >= 0.6 is 11.6 Å². The molecule has 104 valence electrons.